The maximum atomic E-state index is 5.80. The molecule has 4 aromatic rings. The average molecular weight is 248 g/mol. The molecule has 0 unspecified atom stereocenters. The lowest BCUT2D eigenvalue weighted by Crippen LogP contribution is -1.77. The Hall–Kier alpha value is -2.55. The van der Waals surface area contributed by atoms with Gasteiger partial charge in [0.25, 0.3) is 0 Å². The second-order valence-electron chi connectivity index (χ2n) is 4.62. The molecule has 3 nitrogen and oxygen atoms in total. The number of nitrogens with zero attached hydrogens (tertiary/aromatic N) is 2. The first-order valence-corrected chi connectivity index (χ1v) is 6.25. The molecule has 0 bridgehead atoms. The van der Waals surface area contributed by atoms with Crippen LogP contribution in [0.5, 0.6) is 0 Å². The Morgan fingerprint density at radius 2 is 1.89 bits per heavy atom. The van der Waals surface area contributed by atoms with Gasteiger partial charge >= 0.3 is 0 Å². The van der Waals surface area contributed by atoms with Gasteiger partial charge in [-0.2, -0.15) is 0 Å². The van der Waals surface area contributed by atoms with Crippen molar-refractivity contribution < 1.29 is 4.42 Å². The Balaban J connectivity index is 2.06. The first-order valence-electron chi connectivity index (χ1n) is 6.25. The van der Waals surface area contributed by atoms with Crippen LogP contribution in [0.2, 0.25) is 0 Å². The van der Waals surface area contributed by atoms with Gasteiger partial charge in [-0.05, 0) is 25.1 Å². The lowest BCUT2D eigenvalue weighted by atomic mass is 10.1. The summed E-state index contributed by atoms with van der Waals surface area (Å²) in [5.41, 5.74) is 3.89. The molecule has 19 heavy (non-hydrogen) atoms. The smallest absolute Gasteiger partial charge is 0.137 e. The number of fused-ring (bicyclic) bond motifs is 2. The van der Waals surface area contributed by atoms with Crippen molar-refractivity contribution in [1.29, 1.82) is 0 Å². The number of furan rings is 1. The fourth-order valence-electron chi connectivity index (χ4n) is 2.54. The second-order valence-corrected chi connectivity index (χ2v) is 4.62. The third-order valence-corrected chi connectivity index (χ3v) is 3.39. The number of imidazole rings is 1. The number of aryl methyl sites for hydroxylation is 1. The molecular weight excluding hydrogens is 236 g/mol. The number of para-hydroxylation sites is 1. The first-order chi connectivity index (χ1) is 9.33. The van der Waals surface area contributed by atoms with Crippen LogP contribution in [0.3, 0.4) is 0 Å². The summed E-state index contributed by atoms with van der Waals surface area (Å²) in [4.78, 5) is 4.67. The zero-order chi connectivity index (χ0) is 12.8. The van der Waals surface area contributed by atoms with Crippen molar-refractivity contribution >= 4 is 16.6 Å². The van der Waals surface area contributed by atoms with Gasteiger partial charge in [0.2, 0.25) is 0 Å². The standard InChI is InChI=1S/C16H12N2O/c1-11-16(12-6-2-3-7-14(12)19-11)13-10-18-9-5-4-8-15(18)17-13/h2-10H,1H3. The molecule has 0 aliphatic carbocycles. The summed E-state index contributed by atoms with van der Waals surface area (Å²) < 4.78 is 7.82. The molecule has 1 aromatic carbocycles. The van der Waals surface area contributed by atoms with Crippen molar-refractivity contribution in [3.05, 3.63) is 60.6 Å². The second kappa shape index (κ2) is 3.72. The molecule has 3 aromatic heterocycles. The van der Waals surface area contributed by atoms with E-state index in [-0.39, 0.29) is 0 Å². The highest BCUT2D eigenvalue weighted by atomic mass is 16.3. The molecule has 3 heterocycles. The van der Waals surface area contributed by atoms with E-state index in [2.05, 4.69) is 11.1 Å². The molecule has 0 spiro atoms. The molecule has 0 aliphatic heterocycles. The predicted octanol–water partition coefficient (Wildman–Crippen LogP) is 4.06. The summed E-state index contributed by atoms with van der Waals surface area (Å²) in [5.74, 6) is 0.907. The summed E-state index contributed by atoms with van der Waals surface area (Å²) in [5, 5.41) is 1.11. The Morgan fingerprint density at radius 3 is 2.79 bits per heavy atom. The third kappa shape index (κ3) is 1.48. The van der Waals surface area contributed by atoms with Crippen LogP contribution in [0.4, 0.5) is 0 Å². The predicted molar refractivity (Wildman–Crippen MR) is 75.1 cm³/mol. The van der Waals surface area contributed by atoms with Gasteiger partial charge in [-0.3, -0.25) is 0 Å². The number of rotatable bonds is 1. The van der Waals surface area contributed by atoms with Crippen LogP contribution < -0.4 is 0 Å². The fourth-order valence-corrected chi connectivity index (χ4v) is 2.54. The molecule has 0 atom stereocenters. The van der Waals surface area contributed by atoms with E-state index < -0.39 is 0 Å². The molecule has 0 aliphatic rings. The van der Waals surface area contributed by atoms with Crippen molar-refractivity contribution in [3.8, 4) is 11.3 Å². The van der Waals surface area contributed by atoms with Crippen molar-refractivity contribution in [3.63, 3.8) is 0 Å². The monoisotopic (exact) mass is 248 g/mol. The first kappa shape index (κ1) is 10.4. The molecule has 0 N–H and O–H groups in total. The van der Waals surface area contributed by atoms with E-state index in [4.69, 9.17) is 4.42 Å². The maximum absolute atomic E-state index is 5.80. The van der Waals surface area contributed by atoms with Gasteiger partial charge in [-0.15, -0.1) is 0 Å². The number of hydrogen-bond donors (Lipinski definition) is 0. The van der Waals surface area contributed by atoms with E-state index in [1.54, 1.807) is 0 Å². The lowest BCUT2D eigenvalue weighted by molar-refractivity contribution is 0.580. The van der Waals surface area contributed by atoms with E-state index in [0.717, 1.165) is 33.6 Å². The van der Waals surface area contributed by atoms with Crippen LogP contribution >= 0.6 is 0 Å². The minimum atomic E-state index is 0.907. The summed E-state index contributed by atoms with van der Waals surface area (Å²) in [6, 6.07) is 14.1. The van der Waals surface area contributed by atoms with Gasteiger partial charge in [0, 0.05) is 17.8 Å². The quantitative estimate of drug-likeness (QED) is 0.508. The topological polar surface area (TPSA) is 30.4 Å². The minimum Gasteiger partial charge on any atom is -0.461 e. The number of benzene rings is 1. The maximum Gasteiger partial charge on any atom is 0.137 e. The molecule has 0 saturated carbocycles. The summed E-state index contributed by atoms with van der Waals surface area (Å²) in [6.07, 6.45) is 4.04. The molecule has 3 heteroatoms. The van der Waals surface area contributed by atoms with Gasteiger partial charge in [0.05, 0.1) is 11.3 Å². The van der Waals surface area contributed by atoms with Gasteiger partial charge in [0.1, 0.15) is 17.0 Å². The fraction of sp³-hybridized carbons (Fsp3) is 0.0625. The molecule has 92 valence electrons. The van der Waals surface area contributed by atoms with Crippen LogP contribution in [0.1, 0.15) is 5.76 Å². The van der Waals surface area contributed by atoms with Crippen LogP contribution in [0, 0.1) is 6.92 Å². The number of hydrogen-bond acceptors (Lipinski definition) is 2. The molecule has 4 rings (SSSR count). The Kier molecular flexibility index (Phi) is 2.03. The highest BCUT2D eigenvalue weighted by Gasteiger charge is 2.15. The minimum absolute atomic E-state index is 0.907. The largest absolute Gasteiger partial charge is 0.461 e. The van der Waals surface area contributed by atoms with E-state index in [9.17, 15) is 0 Å². The molecule has 0 fully saturated rings. The van der Waals surface area contributed by atoms with Crippen LogP contribution in [0.25, 0.3) is 27.9 Å². The molecule has 0 saturated heterocycles. The zero-order valence-corrected chi connectivity index (χ0v) is 10.5. The molecule has 0 amide bonds. The van der Waals surface area contributed by atoms with Gasteiger partial charge < -0.3 is 8.82 Å². The van der Waals surface area contributed by atoms with Crippen molar-refractivity contribution in [2.75, 3.05) is 0 Å². The molecule has 0 radical (unpaired) electrons. The zero-order valence-electron chi connectivity index (χ0n) is 10.5. The van der Waals surface area contributed by atoms with Crippen molar-refractivity contribution in [1.82, 2.24) is 9.38 Å². The average Bonchev–Trinajstić information content (AvgIpc) is 2.97. The van der Waals surface area contributed by atoms with Crippen molar-refractivity contribution in [2.24, 2.45) is 0 Å². The SMILES string of the molecule is Cc1oc2ccccc2c1-c1cn2ccccc2n1. The normalized spacial score (nSPS) is 11.4. The van der Waals surface area contributed by atoms with Crippen molar-refractivity contribution in [2.45, 2.75) is 6.92 Å². The highest BCUT2D eigenvalue weighted by Crippen LogP contribution is 2.33. The van der Waals surface area contributed by atoms with Gasteiger partial charge in [0.15, 0.2) is 0 Å². The van der Waals surface area contributed by atoms with E-state index >= 15 is 0 Å². The summed E-state index contributed by atoms with van der Waals surface area (Å²) >= 11 is 0. The van der Waals surface area contributed by atoms with E-state index in [1.165, 1.54) is 0 Å². The summed E-state index contributed by atoms with van der Waals surface area (Å²) in [7, 11) is 0. The van der Waals surface area contributed by atoms with Crippen LogP contribution in [0.15, 0.2) is 59.3 Å². The highest BCUT2D eigenvalue weighted by molar-refractivity contribution is 5.94. The lowest BCUT2D eigenvalue weighted by Gasteiger charge is -1.93. The Morgan fingerprint density at radius 1 is 1.05 bits per heavy atom. The van der Waals surface area contributed by atoms with E-state index in [1.807, 2.05) is 60.1 Å². The van der Waals surface area contributed by atoms with E-state index in [0.29, 0.717) is 0 Å². The number of aromatic nitrogens is 2. The van der Waals surface area contributed by atoms with Crippen LogP contribution in [-0.2, 0) is 0 Å². The van der Waals surface area contributed by atoms with Gasteiger partial charge in [-0.1, -0.05) is 24.3 Å². The third-order valence-electron chi connectivity index (χ3n) is 3.39. The summed E-state index contributed by atoms with van der Waals surface area (Å²) in [6.45, 7) is 1.99. The number of pyridine rings is 1. The Bertz CT molecular complexity index is 853. The van der Waals surface area contributed by atoms with Crippen LogP contribution in [-0.4, -0.2) is 9.38 Å². The molecular formula is C16H12N2O. The van der Waals surface area contributed by atoms with Gasteiger partial charge in [-0.25, -0.2) is 4.98 Å². The Labute approximate surface area is 110 Å².